The normalized spacial score (nSPS) is 14.0. The van der Waals surface area contributed by atoms with Gasteiger partial charge in [-0.25, -0.2) is 9.18 Å². The van der Waals surface area contributed by atoms with Crippen molar-refractivity contribution in [2.24, 2.45) is 0 Å². The molecule has 0 saturated carbocycles. The molecule has 148 valence electrons. The Balaban J connectivity index is 1.55. The average molecular weight is 385 g/mol. The van der Waals surface area contributed by atoms with Crippen molar-refractivity contribution in [2.75, 3.05) is 38.2 Å². The molecule has 7 heteroatoms. The van der Waals surface area contributed by atoms with Gasteiger partial charge in [-0.05, 0) is 31.2 Å². The number of ether oxygens (including phenoxy) is 1. The number of para-hydroxylation sites is 1. The second-order valence-corrected chi connectivity index (χ2v) is 6.67. The van der Waals surface area contributed by atoms with E-state index in [9.17, 15) is 14.0 Å². The van der Waals surface area contributed by atoms with Crippen molar-refractivity contribution < 1.29 is 18.7 Å². The van der Waals surface area contributed by atoms with Crippen molar-refractivity contribution in [3.05, 3.63) is 59.4 Å². The highest BCUT2D eigenvalue weighted by Crippen LogP contribution is 2.22. The number of ketones is 1. The fraction of sp³-hybridized carbons (Fsp3) is 0.333. The van der Waals surface area contributed by atoms with Gasteiger partial charge in [0.15, 0.2) is 5.78 Å². The molecule has 0 radical (unpaired) electrons. The molecule has 0 atom stereocenters. The summed E-state index contributed by atoms with van der Waals surface area (Å²) in [5, 5.41) is 2.91. The maximum atomic E-state index is 14.3. The highest BCUT2D eigenvalue weighted by atomic mass is 19.1. The molecule has 6 nitrogen and oxygen atoms in total. The van der Waals surface area contributed by atoms with Crippen molar-refractivity contribution in [3.8, 4) is 5.75 Å². The van der Waals surface area contributed by atoms with Crippen LogP contribution in [-0.4, -0.2) is 50.0 Å². The SMILES string of the molecule is COc1ccccc1CNC(=O)N1CCN(c2ccc(C(C)=O)cc2F)CC1. The van der Waals surface area contributed by atoms with Crippen LogP contribution in [0.4, 0.5) is 14.9 Å². The third kappa shape index (κ3) is 4.42. The van der Waals surface area contributed by atoms with Crippen LogP contribution in [0.15, 0.2) is 42.5 Å². The maximum absolute atomic E-state index is 14.3. The Hall–Kier alpha value is -3.09. The Labute approximate surface area is 163 Å². The standard InChI is InChI=1S/C21H24FN3O3/c1-15(26)16-7-8-19(18(22)13-16)24-9-11-25(12-10-24)21(27)23-14-17-5-3-4-6-20(17)28-2/h3-8,13H,9-12,14H2,1-2H3,(H,23,27). The Bertz CT molecular complexity index is 864. The summed E-state index contributed by atoms with van der Waals surface area (Å²) in [7, 11) is 1.60. The Morgan fingerprint density at radius 3 is 2.46 bits per heavy atom. The summed E-state index contributed by atoms with van der Waals surface area (Å²) in [6.45, 7) is 3.83. The number of hydrogen-bond acceptors (Lipinski definition) is 4. The summed E-state index contributed by atoms with van der Waals surface area (Å²) in [5.41, 5.74) is 1.72. The highest BCUT2D eigenvalue weighted by Gasteiger charge is 2.23. The van der Waals surface area contributed by atoms with Gasteiger partial charge in [0.25, 0.3) is 0 Å². The number of nitrogens with zero attached hydrogens (tertiary/aromatic N) is 2. The molecule has 0 aromatic heterocycles. The van der Waals surface area contributed by atoms with Crippen molar-refractivity contribution >= 4 is 17.5 Å². The zero-order valence-electron chi connectivity index (χ0n) is 16.1. The van der Waals surface area contributed by atoms with Crippen LogP contribution in [-0.2, 0) is 6.54 Å². The average Bonchev–Trinajstić information content (AvgIpc) is 2.72. The molecular formula is C21H24FN3O3. The van der Waals surface area contributed by atoms with Gasteiger partial charge in [-0.3, -0.25) is 4.79 Å². The Kier molecular flexibility index (Phi) is 6.13. The minimum Gasteiger partial charge on any atom is -0.496 e. The minimum absolute atomic E-state index is 0.155. The van der Waals surface area contributed by atoms with Crippen LogP contribution in [0.2, 0.25) is 0 Å². The van der Waals surface area contributed by atoms with Crippen molar-refractivity contribution in [2.45, 2.75) is 13.5 Å². The van der Waals surface area contributed by atoms with Crippen LogP contribution in [0.1, 0.15) is 22.8 Å². The van der Waals surface area contributed by atoms with Crippen LogP contribution < -0.4 is 15.0 Å². The van der Waals surface area contributed by atoms with Crippen molar-refractivity contribution in [1.29, 1.82) is 0 Å². The molecule has 1 fully saturated rings. The van der Waals surface area contributed by atoms with E-state index in [1.165, 1.54) is 13.0 Å². The number of Topliss-reactive ketones (excluding diaryl/α,β-unsaturated/α-hetero) is 1. The fourth-order valence-corrected chi connectivity index (χ4v) is 3.26. The Morgan fingerprint density at radius 2 is 1.82 bits per heavy atom. The number of methoxy groups -OCH3 is 1. The number of carbonyl (C=O) groups is 2. The third-order valence-corrected chi connectivity index (χ3v) is 4.88. The number of benzene rings is 2. The molecule has 2 amide bonds. The van der Waals surface area contributed by atoms with Gasteiger partial charge in [-0.15, -0.1) is 0 Å². The summed E-state index contributed by atoms with van der Waals surface area (Å²) in [6, 6.07) is 11.9. The number of halogens is 1. The molecule has 0 aliphatic carbocycles. The zero-order valence-corrected chi connectivity index (χ0v) is 16.1. The lowest BCUT2D eigenvalue weighted by Gasteiger charge is -2.36. The van der Waals surface area contributed by atoms with Crippen LogP contribution in [0.3, 0.4) is 0 Å². The van der Waals surface area contributed by atoms with Gasteiger partial charge in [0.05, 0.1) is 12.8 Å². The molecule has 0 bridgehead atoms. The largest absolute Gasteiger partial charge is 0.496 e. The molecular weight excluding hydrogens is 361 g/mol. The summed E-state index contributed by atoms with van der Waals surface area (Å²) < 4.78 is 19.6. The van der Waals surface area contributed by atoms with Crippen LogP contribution in [0.25, 0.3) is 0 Å². The fourth-order valence-electron chi connectivity index (χ4n) is 3.26. The number of rotatable bonds is 5. The van der Waals surface area contributed by atoms with E-state index >= 15 is 0 Å². The lowest BCUT2D eigenvalue weighted by molar-refractivity contribution is 0.101. The molecule has 28 heavy (non-hydrogen) atoms. The van der Waals surface area contributed by atoms with E-state index in [1.807, 2.05) is 29.2 Å². The summed E-state index contributed by atoms with van der Waals surface area (Å²) in [4.78, 5) is 27.4. The Morgan fingerprint density at radius 1 is 1.11 bits per heavy atom. The number of urea groups is 1. The monoisotopic (exact) mass is 385 g/mol. The number of anilines is 1. The molecule has 1 aliphatic heterocycles. The zero-order chi connectivity index (χ0) is 20.1. The predicted molar refractivity (Wildman–Crippen MR) is 105 cm³/mol. The quantitative estimate of drug-likeness (QED) is 0.804. The van der Waals surface area contributed by atoms with Gasteiger partial charge in [0.2, 0.25) is 0 Å². The van der Waals surface area contributed by atoms with Gasteiger partial charge < -0.3 is 19.9 Å². The third-order valence-electron chi connectivity index (χ3n) is 4.88. The highest BCUT2D eigenvalue weighted by molar-refractivity contribution is 5.94. The van der Waals surface area contributed by atoms with E-state index in [0.717, 1.165) is 11.3 Å². The van der Waals surface area contributed by atoms with Crippen LogP contribution in [0, 0.1) is 5.82 Å². The molecule has 3 rings (SSSR count). The molecule has 2 aromatic carbocycles. The second kappa shape index (κ2) is 8.73. The van der Waals surface area contributed by atoms with Gasteiger partial charge in [-0.2, -0.15) is 0 Å². The predicted octanol–water partition coefficient (Wildman–Crippen LogP) is 3.07. The lowest BCUT2D eigenvalue weighted by Crippen LogP contribution is -2.51. The minimum atomic E-state index is -0.415. The molecule has 1 aliphatic rings. The van der Waals surface area contributed by atoms with Gasteiger partial charge >= 0.3 is 6.03 Å². The second-order valence-electron chi connectivity index (χ2n) is 6.67. The van der Waals surface area contributed by atoms with E-state index in [0.29, 0.717) is 44.0 Å². The molecule has 0 spiro atoms. The van der Waals surface area contributed by atoms with E-state index in [4.69, 9.17) is 4.74 Å². The number of nitrogens with one attached hydrogen (secondary N) is 1. The van der Waals surface area contributed by atoms with Crippen LogP contribution >= 0.6 is 0 Å². The van der Waals surface area contributed by atoms with Gasteiger partial charge in [-0.1, -0.05) is 18.2 Å². The maximum Gasteiger partial charge on any atom is 0.317 e. The first-order chi connectivity index (χ1) is 13.5. The molecule has 2 aromatic rings. The summed E-state index contributed by atoms with van der Waals surface area (Å²) in [6.07, 6.45) is 0. The van der Waals surface area contributed by atoms with Crippen molar-refractivity contribution in [3.63, 3.8) is 0 Å². The molecule has 1 heterocycles. The van der Waals surface area contributed by atoms with E-state index in [1.54, 1.807) is 24.1 Å². The van der Waals surface area contributed by atoms with E-state index in [2.05, 4.69) is 5.32 Å². The first-order valence-corrected chi connectivity index (χ1v) is 9.19. The molecule has 0 unspecified atom stereocenters. The number of carbonyl (C=O) groups excluding carboxylic acids is 2. The van der Waals surface area contributed by atoms with Gasteiger partial charge in [0, 0.05) is 43.9 Å². The molecule has 1 N–H and O–H groups in total. The van der Waals surface area contributed by atoms with E-state index in [-0.39, 0.29) is 11.8 Å². The summed E-state index contributed by atoms with van der Waals surface area (Å²) >= 11 is 0. The number of hydrogen-bond donors (Lipinski definition) is 1. The number of amides is 2. The topological polar surface area (TPSA) is 61.9 Å². The van der Waals surface area contributed by atoms with Crippen LogP contribution in [0.5, 0.6) is 5.75 Å². The first kappa shape index (κ1) is 19.7. The lowest BCUT2D eigenvalue weighted by atomic mass is 10.1. The number of piperazine rings is 1. The first-order valence-electron chi connectivity index (χ1n) is 9.19. The van der Waals surface area contributed by atoms with E-state index < -0.39 is 5.82 Å². The van der Waals surface area contributed by atoms with Crippen molar-refractivity contribution in [1.82, 2.24) is 10.2 Å². The smallest absolute Gasteiger partial charge is 0.317 e. The summed E-state index contributed by atoms with van der Waals surface area (Å²) in [5.74, 6) is 0.154. The molecule has 1 saturated heterocycles. The van der Waals surface area contributed by atoms with Gasteiger partial charge in [0.1, 0.15) is 11.6 Å².